The molecule has 4 N–H and O–H groups in total. The number of hydrogen-bond donors (Lipinski definition) is 3. The van der Waals surface area contributed by atoms with Crippen LogP contribution < -0.4 is 16.6 Å². The molecule has 19 heavy (non-hydrogen) atoms. The van der Waals surface area contributed by atoms with Crippen molar-refractivity contribution in [2.45, 2.75) is 12.8 Å². The van der Waals surface area contributed by atoms with Gasteiger partial charge in [0.05, 0.1) is 4.92 Å². The fourth-order valence-corrected chi connectivity index (χ4v) is 1.91. The van der Waals surface area contributed by atoms with Gasteiger partial charge in [-0.1, -0.05) is 0 Å². The zero-order valence-electron chi connectivity index (χ0n) is 10.3. The number of hydrazine groups is 1. The van der Waals surface area contributed by atoms with E-state index in [1.807, 2.05) is 0 Å². The highest BCUT2D eigenvalue weighted by molar-refractivity contribution is 5.56. The van der Waals surface area contributed by atoms with Gasteiger partial charge < -0.3 is 10.1 Å². The molecule has 2 rings (SSSR count). The van der Waals surface area contributed by atoms with Gasteiger partial charge in [0, 0.05) is 19.8 Å². The molecule has 1 fully saturated rings. The molecule has 104 valence electrons. The number of anilines is 2. The SMILES string of the molecule is NNc1ncc([N+](=O)[O-])c(NCCC2CCOC2)n1. The lowest BCUT2D eigenvalue weighted by Gasteiger charge is -2.09. The van der Waals surface area contributed by atoms with Gasteiger partial charge in [-0.15, -0.1) is 0 Å². The van der Waals surface area contributed by atoms with E-state index in [2.05, 4.69) is 20.7 Å². The summed E-state index contributed by atoms with van der Waals surface area (Å²) < 4.78 is 5.27. The smallest absolute Gasteiger partial charge is 0.329 e. The average molecular weight is 268 g/mol. The Hall–Kier alpha value is -2.00. The fourth-order valence-electron chi connectivity index (χ4n) is 1.91. The van der Waals surface area contributed by atoms with Crippen LogP contribution in [-0.4, -0.2) is 34.6 Å². The first-order valence-electron chi connectivity index (χ1n) is 6.00. The van der Waals surface area contributed by atoms with Gasteiger partial charge in [0.2, 0.25) is 11.8 Å². The molecule has 9 nitrogen and oxygen atoms in total. The molecule has 0 spiro atoms. The van der Waals surface area contributed by atoms with Crippen molar-refractivity contribution in [2.24, 2.45) is 11.8 Å². The summed E-state index contributed by atoms with van der Waals surface area (Å²) in [5, 5.41) is 13.8. The van der Waals surface area contributed by atoms with Crippen LogP contribution in [0, 0.1) is 16.0 Å². The number of nitrogens with two attached hydrogens (primary N) is 1. The third-order valence-electron chi connectivity index (χ3n) is 2.96. The molecule has 2 heterocycles. The number of hydrogen-bond acceptors (Lipinski definition) is 8. The lowest BCUT2D eigenvalue weighted by Crippen LogP contribution is -2.15. The van der Waals surface area contributed by atoms with Gasteiger partial charge in [0.15, 0.2) is 0 Å². The quantitative estimate of drug-likeness (QED) is 0.386. The highest BCUT2D eigenvalue weighted by atomic mass is 16.6. The highest BCUT2D eigenvalue weighted by Gasteiger charge is 2.19. The van der Waals surface area contributed by atoms with Crippen LogP contribution in [0.4, 0.5) is 17.5 Å². The van der Waals surface area contributed by atoms with E-state index in [1.54, 1.807) is 0 Å². The first-order chi connectivity index (χ1) is 9.20. The summed E-state index contributed by atoms with van der Waals surface area (Å²) in [5.74, 6) is 5.99. The normalized spacial score (nSPS) is 18.3. The standard InChI is InChI=1S/C10H16N6O3/c11-15-10-13-5-8(16(17)18)9(14-10)12-3-1-7-2-4-19-6-7/h5,7H,1-4,6,11H2,(H2,12,13,14,15). The topological polar surface area (TPSA) is 128 Å². The van der Waals surface area contributed by atoms with E-state index in [0.29, 0.717) is 12.5 Å². The second-order valence-corrected chi connectivity index (χ2v) is 4.27. The predicted molar refractivity (Wildman–Crippen MR) is 68.5 cm³/mol. The molecule has 0 bridgehead atoms. The molecule has 1 aliphatic rings. The summed E-state index contributed by atoms with van der Waals surface area (Å²) in [6.45, 7) is 2.14. The Morgan fingerprint density at radius 1 is 1.63 bits per heavy atom. The summed E-state index contributed by atoms with van der Waals surface area (Å²) in [6, 6.07) is 0. The summed E-state index contributed by atoms with van der Waals surface area (Å²) in [4.78, 5) is 18.0. The van der Waals surface area contributed by atoms with Gasteiger partial charge in [-0.3, -0.25) is 15.5 Å². The van der Waals surface area contributed by atoms with Crippen LogP contribution in [0.5, 0.6) is 0 Å². The summed E-state index contributed by atoms with van der Waals surface area (Å²) in [5.41, 5.74) is 2.10. The van der Waals surface area contributed by atoms with Crippen molar-refractivity contribution in [3.63, 3.8) is 0 Å². The zero-order valence-corrected chi connectivity index (χ0v) is 10.3. The number of nitrogens with zero attached hydrogens (tertiary/aromatic N) is 3. The molecular formula is C10H16N6O3. The minimum Gasteiger partial charge on any atom is -0.381 e. The van der Waals surface area contributed by atoms with Gasteiger partial charge >= 0.3 is 5.69 Å². The monoisotopic (exact) mass is 268 g/mol. The molecule has 1 atom stereocenters. The molecule has 0 saturated carbocycles. The van der Waals surface area contributed by atoms with E-state index in [1.165, 1.54) is 0 Å². The molecule has 9 heteroatoms. The number of aromatic nitrogens is 2. The molecule has 0 aromatic carbocycles. The average Bonchev–Trinajstić information content (AvgIpc) is 2.91. The van der Waals surface area contributed by atoms with Crippen molar-refractivity contribution in [1.82, 2.24) is 9.97 Å². The fraction of sp³-hybridized carbons (Fsp3) is 0.600. The van der Waals surface area contributed by atoms with Crippen molar-refractivity contribution in [2.75, 3.05) is 30.5 Å². The maximum atomic E-state index is 10.9. The van der Waals surface area contributed by atoms with Gasteiger partial charge in [0.25, 0.3) is 0 Å². The third-order valence-corrected chi connectivity index (χ3v) is 2.96. The van der Waals surface area contributed by atoms with Gasteiger partial charge in [0.1, 0.15) is 6.20 Å². The van der Waals surface area contributed by atoms with Crippen molar-refractivity contribution in [3.05, 3.63) is 16.3 Å². The second-order valence-electron chi connectivity index (χ2n) is 4.27. The van der Waals surface area contributed by atoms with E-state index < -0.39 is 4.92 Å². The summed E-state index contributed by atoms with van der Waals surface area (Å²) in [6.07, 6.45) is 3.04. The van der Waals surface area contributed by atoms with Crippen molar-refractivity contribution in [3.8, 4) is 0 Å². The highest BCUT2D eigenvalue weighted by Crippen LogP contribution is 2.22. The molecule has 0 aliphatic carbocycles. The molecule has 1 aromatic heterocycles. The van der Waals surface area contributed by atoms with Crippen molar-refractivity contribution >= 4 is 17.5 Å². The number of nitrogens with one attached hydrogen (secondary N) is 2. The molecule has 1 unspecified atom stereocenters. The number of nitrogen functional groups attached to an aromatic ring is 1. The third kappa shape index (κ3) is 3.48. The van der Waals surface area contributed by atoms with Crippen LogP contribution in [0.2, 0.25) is 0 Å². The van der Waals surface area contributed by atoms with E-state index in [0.717, 1.165) is 32.3 Å². The minimum atomic E-state index is -0.526. The van der Waals surface area contributed by atoms with Crippen LogP contribution in [-0.2, 0) is 4.74 Å². The number of rotatable bonds is 6. The van der Waals surface area contributed by atoms with Crippen molar-refractivity contribution < 1.29 is 9.66 Å². The minimum absolute atomic E-state index is 0.136. The van der Waals surface area contributed by atoms with Gasteiger partial charge in [-0.05, 0) is 18.8 Å². The van der Waals surface area contributed by atoms with Crippen LogP contribution in [0.1, 0.15) is 12.8 Å². The van der Waals surface area contributed by atoms with Crippen LogP contribution >= 0.6 is 0 Å². The van der Waals surface area contributed by atoms with Crippen molar-refractivity contribution in [1.29, 1.82) is 0 Å². The zero-order chi connectivity index (χ0) is 13.7. The number of nitro groups is 1. The first kappa shape index (κ1) is 13.4. The largest absolute Gasteiger partial charge is 0.381 e. The lowest BCUT2D eigenvalue weighted by molar-refractivity contribution is -0.384. The summed E-state index contributed by atoms with van der Waals surface area (Å²) >= 11 is 0. The van der Waals surface area contributed by atoms with Gasteiger partial charge in [-0.25, -0.2) is 10.8 Å². The van der Waals surface area contributed by atoms with Crippen LogP contribution in [0.3, 0.4) is 0 Å². The van der Waals surface area contributed by atoms with E-state index in [9.17, 15) is 10.1 Å². The van der Waals surface area contributed by atoms with E-state index >= 15 is 0 Å². The lowest BCUT2D eigenvalue weighted by atomic mass is 10.1. The van der Waals surface area contributed by atoms with Crippen LogP contribution in [0.25, 0.3) is 0 Å². The van der Waals surface area contributed by atoms with Crippen LogP contribution in [0.15, 0.2) is 6.20 Å². The molecule has 0 radical (unpaired) electrons. The van der Waals surface area contributed by atoms with Gasteiger partial charge in [-0.2, -0.15) is 4.98 Å². The maximum Gasteiger partial charge on any atom is 0.329 e. The van der Waals surface area contributed by atoms with E-state index in [-0.39, 0.29) is 17.5 Å². The Morgan fingerprint density at radius 2 is 2.47 bits per heavy atom. The number of ether oxygens (including phenoxy) is 1. The first-order valence-corrected chi connectivity index (χ1v) is 6.00. The molecule has 1 aromatic rings. The van der Waals surface area contributed by atoms with E-state index in [4.69, 9.17) is 10.6 Å². The Balaban J connectivity index is 1.98. The molecule has 0 amide bonds. The Bertz CT molecular complexity index is 449. The second kappa shape index (κ2) is 6.25. The Labute approximate surface area is 109 Å². The predicted octanol–water partition coefficient (Wildman–Crippen LogP) is 0.509. The summed E-state index contributed by atoms with van der Waals surface area (Å²) in [7, 11) is 0. The Morgan fingerprint density at radius 3 is 3.11 bits per heavy atom. The molecular weight excluding hydrogens is 252 g/mol. The Kier molecular flexibility index (Phi) is 4.42. The molecule has 1 saturated heterocycles. The maximum absolute atomic E-state index is 10.9. The molecule has 1 aliphatic heterocycles.